The fourth-order valence-corrected chi connectivity index (χ4v) is 2.17. The molecule has 2 rings (SSSR count). The van der Waals surface area contributed by atoms with Gasteiger partial charge in [0, 0.05) is 0 Å². The van der Waals surface area contributed by atoms with Gasteiger partial charge in [0.2, 0.25) is 0 Å². The number of ether oxygens (including phenoxy) is 1. The highest BCUT2D eigenvalue weighted by atomic mass is 35.5. The number of carbonyl (C=O) groups excluding carboxylic acids is 1. The molecule has 0 spiro atoms. The number of nitrogens with one attached hydrogen (secondary N) is 1. The van der Waals surface area contributed by atoms with Crippen molar-refractivity contribution in [2.75, 3.05) is 19.7 Å². The highest BCUT2D eigenvalue weighted by Gasteiger charge is 2.61. The van der Waals surface area contributed by atoms with Gasteiger partial charge in [-0.2, -0.15) is 0 Å². The van der Waals surface area contributed by atoms with E-state index in [9.17, 15) is 4.79 Å². The predicted octanol–water partition coefficient (Wildman–Crippen LogP) is 0.971. The second-order valence-electron chi connectivity index (χ2n) is 3.73. The molecule has 76 valence electrons. The number of hydrogen-bond donors (Lipinski definition) is 1. The van der Waals surface area contributed by atoms with Crippen molar-refractivity contribution >= 4 is 18.4 Å². The first-order valence-electron chi connectivity index (χ1n) is 4.67. The summed E-state index contributed by atoms with van der Waals surface area (Å²) in [6.07, 6.45) is 2.01. The van der Waals surface area contributed by atoms with E-state index in [0.717, 1.165) is 25.9 Å². The summed E-state index contributed by atoms with van der Waals surface area (Å²) in [6, 6.07) is 0. The predicted molar refractivity (Wildman–Crippen MR) is 51.9 cm³/mol. The molecule has 4 heteroatoms. The SMILES string of the molecule is CCOC(=O)C12CCNCC1C2.Cl. The molecule has 1 saturated carbocycles. The highest BCUT2D eigenvalue weighted by molar-refractivity contribution is 5.85. The lowest BCUT2D eigenvalue weighted by Gasteiger charge is -2.20. The lowest BCUT2D eigenvalue weighted by molar-refractivity contribution is -0.151. The van der Waals surface area contributed by atoms with Gasteiger partial charge in [-0.15, -0.1) is 12.4 Å². The van der Waals surface area contributed by atoms with E-state index >= 15 is 0 Å². The third-order valence-electron chi connectivity index (χ3n) is 3.05. The zero-order valence-electron chi connectivity index (χ0n) is 7.84. The maximum atomic E-state index is 11.5. The van der Waals surface area contributed by atoms with Crippen LogP contribution in [0.3, 0.4) is 0 Å². The number of fused-ring (bicyclic) bond motifs is 1. The van der Waals surface area contributed by atoms with Gasteiger partial charge in [-0.05, 0) is 38.8 Å². The molecular formula is C9H16ClNO2. The second kappa shape index (κ2) is 3.84. The molecule has 0 bridgehead atoms. The van der Waals surface area contributed by atoms with Crippen LogP contribution in [0.2, 0.25) is 0 Å². The van der Waals surface area contributed by atoms with E-state index in [1.54, 1.807) is 0 Å². The molecule has 1 saturated heterocycles. The van der Waals surface area contributed by atoms with E-state index < -0.39 is 0 Å². The minimum absolute atomic E-state index is 0. The van der Waals surface area contributed by atoms with Crippen molar-refractivity contribution in [3.8, 4) is 0 Å². The van der Waals surface area contributed by atoms with Crippen molar-refractivity contribution in [1.29, 1.82) is 0 Å². The minimum atomic E-state index is -0.0682. The molecule has 1 N–H and O–H groups in total. The number of carbonyl (C=O) groups is 1. The van der Waals surface area contributed by atoms with Crippen molar-refractivity contribution in [3.05, 3.63) is 0 Å². The highest BCUT2D eigenvalue weighted by Crippen LogP contribution is 2.57. The Bertz CT molecular complexity index is 210. The Balaban J connectivity index is 0.000000845. The molecule has 1 aliphatic heterocycles. The van der Waals surface area contributed by atoms with Crippen LogP contribution in [0.1, 0.15) is 19.8 Å². The van der Waals surface area contributed by atoms with E-state index in [1.807, 2.05) is 6.92 Å². The van der Waals surface area contributed by atoms with Gasteiger partial charge < -0.3 is 10.1 Å². The molecule has 13 heavy (non-hydrogen) atoms. The van der Waals surface area contributed by atoms with Crippen LogP contribution in [0.5, 0.6) is 0 Å². The summed E-state index contributed by atoms with van der Waals surface area (Å²) >= 11 is 0. The summed E-state index contributed by atoms with van der Waals surface area (Å²) < 4.78 is 5.06. The normalized spacial score (nSPS) is 35.6. The smallest absolute Gasteiger partial charge is 0.312 e. The van der Waals surface area contributed by atoms with Crippen molar-refractivity contribution < 1.29 is 9.53 Å². The number of rotatable bonds is 2. The third-order valence-corrected chi connectivity index (χ3v) is 3.05. The summed E-state index contributed by atoms with van der Waals surface area (Å²) in [7, 11) is 0. The van der Waals surface area contributed by atoms with Crippen LogP contribution in [-0.2, 0) is 9.53 Å². The van der Waals surface area contributed by atoms with Crippen molar-refractivity contribution in [3.63, 3.8) is 0 Å². The van der Waals surface area contributed by atoms with Crippen LogP contribution >= 0.6 is 12.4 Å². The first-order valence-corrected chi connectivity index (χ1v) is 4.67. The van der Waals surface area contributed by atoms with Crippen LogP contribution in [0.15, 0.2) is 0 Å². The Labute approximate surface area is 84.6 Å². The van der Waals surface area contributed by atoms with E-state index in [-0.39, 0.29) is 23.8 Å². The third kappa shape index (κ3) is 1.67. The fourth-order valence-electron chi connectivity index (χ4n) is 2.17. The largest absolute Gasteiger partial charge is 0.466 e. The molecule has 1 heterocycles. The summed E-state index contributed by atoms with van der Waals surface area (Å²) in [5.41, 5.74) is -0.0682. The van der Waals surface area contributed by atoms with Crippen molar-refractivity contribution in [2.45, 2.75) is 19.8 Å². The Hall–Kier alpha value is -0.280. The number of halogens is 1. The lowest BCUT2D eigenvalue weighted by atomic mass is 9.96. The Morgan fingerprint density at radius 2 is 2.46 bits per heavy atom. The first-order chi connectivity index (χ1) is 5.79. The van der Waals surface area contributed by atoms with Crippen LogP contribution in [0, 0.1) is 11.3 Å². The first kappa shape index (κ1) is 10.8. The zero-order valence-corrected chi connectivity index (χ0v) is 8.65. The molecule has 1 aliphatic carbocycles. The second-order valence-corrected chi connectivity index (χ2v) is 3.73. The average molecular weight is 206 g/mol. The molecule has 0 aromatic carbocycles. The summed E-state index contributed by atoms with van der Waals surface area (Å²) in [4.78, 5) is 11.5. The van der Waals surface area contributed by atoms with Gasteiger partial charge >= 0.3 is 5.97 Å². The van der Waals surface area contributed by atoms with E-state index in [2.05, 4.69) is 5.32 Å². The lowest BCUT2D eigenvalue weighted by Crippen LogP contribution is -2.34. The van der Waals surface area contributed by atoms with Crippen LogP contribution < -0.4 is 5.32 Å². The maximum absolute atomic E-state index is 11.5. The van der Waals surface area contributed by atoms with Gasteiger partial charge in [-0.25, -0.2) is 0 Å². The average Bonchev–Trinajstić information content (AvgIpc) is 2.79. The summed E-state index contributed by atoms with van der Waals surface area (Å²) in [5.74, 6) is 0.599. The molecule has 3 nitrogen and oxygen atoms in total. The zero-order chi connectivity index (χ0) is 8.60. The monoisotopic (exact) mass is 205 g/mol. The molecule has 2 fully saturated rings. The van der Waals surface area contributed by atoms with Crippen LogP contribution in [0.4, 0.5) is 0 Å². The number of piperidine rings is 1. The van der Waals surface area contributed by atoms with E-state index in [0.29, 0.717) is 12.5 Å². The molecule has 0 aromatic heterocycles. The number of hydrogen-bond acceptors (Lipinski definition) is 3. The molecule has 0 amide bonds. The van der Waals surface area contributed by atoms with Gasteiger partial charge in [0.1, 0.15) is 0 Å². The van der Waals surface area contributed by atoms with Gasteiger partial charge in [-0.3, -0.25) is 4.79 Å². The Morgan fingerprint density at radius 3 is 3.08 bits per heavy atom. The minimum Gasteiger partial charge on any atom is -0.466 e. The fraction of sp³-hybridized carbons (Fsp3) is 0.889. The molecule has 2 atom stereocenters. The quantitative estimate of drug-likeness (QED) is 0.683. The van der Waals surface area contributed by atoms with Crippen LogP contribution in [-0.4, -0.2) is 25.7 Å². The molecule has 0 radical (unpaired) electrons. The van der Waals surface area contributed by atoms with Gasteiger partial charge in [-0.1, -0.05) is 0 Å². The van der Waals surface area contributed by atoms with Gasteiger partial charge in [0.25, 0.3) is 0 Å². The van der Waals surface area contributed by atoms with Crippen molar-refractivity contribution in [1.82, 2.24) is 5.32 Å². The Morgan fingerprint density at radius 1 is 1.69 bits per heavy atom. The molecule has 2 aliphatic rings. The van der Waals surface area contributed by atoms with E-state index in [4.69, 9.17) is 4.74 Å². The maximum Gasteiger partial charge on any atom is 0.312 e. The van der Waals surface area contributed by atoms with Gasteiger partial charge in [0.05, 0.1) is 12.0 Å². The number of esters is 1. The topological polar surface area (TPSA) is 38.3 Å². The molecular weight excluding hydrogens is 190 g/mol. The summed E-state index contributed by atoms with van der Waals surface area (Å²) in [5, 5.41) is 3.29. The Kier molecular flexibility index (Phi) is 3.19. The standard InChI is InChI=1S/C9H15NO2.ClH/c1-2-12-8(11)9-3-4-10-6-7(9)5-9;/h7,10H,2-6H2,1H3;1H. The molecule has 0 aromatic rings. The van der Waals surface area contributed by atoms with Crippen molar-refractivity contribution in [2.24, 2.45) is 11.3 Å². The summed E-state index contributed by atoms with van der Waals surface area (Å²) in [6.45, 7) is 4.35. The van der Waals surface area contributed by atoms with Crippen LogP contribution in [0.25, 0.3) is 0 Å². The van der Waals surface area contributed by atoms with E-state index in [1.165, 1.54) is 0 Å². The molecule has 2 unspecified atom stereocenters. The van der Waals surface area contributed by atoms with Gasteiger partial charge in [0.15, 0.2) is 0 Å².